The molecule has 1 aliphatic carbocycles. The first kappa shape index (κ1) is 23.1. The van der Waals surface area contributed by atoms with E-state index in [0.29, 0.717) is 32.6 Å². The van der Waals surface area contributed by atoms with Gasteiger partial charge < -0.3 is 19.3 Å². The number of hydrogen-bond donors (Lipinski definition) is 0. The Labute approximate surface area is 196 Å². The molecule has 0 bridgehead atoms. The lowest BCUT2D eigenvalue weighted by molar-refractivity contribution is -0.144. The Balaban J connectivity index is 1.42. The van der Waals surface area contributed by atoms with Crippen LogP contribution in [0.4, 0.5) is 0 Å². The van der Waals surface area contributed by atoms with Crippen LogP contribution in [0.5, 0.6) is 11.5 Å². The van der Waals surface area contributed by atoms with Crippen molar-refractivity contribution in [1.29, 1.82) is 0 Å². The molecule has 0 spiro atoms. The van der Waals surface area contributed by atoms with Crippen molar-refractivity contribution in [1.82, 2.24) is 9.80 Å². The number of nitrogens with zero attached hydrogens (tertiary/aromatic N) is 2. The molecule has 0 atom stereocenters. The molecule has 1 saturated carbocycles. The van der Waals surface area contributed by atoms with E-state index in [1.165, 1.54) is 6.42 Å². The van der Waals surface area contributed by atoms with E-state index in [1.807, 2.05) is 46.2 Å². The number of methoxy groups -OCH3 is 2. The highest BCUT2D eigenvalue weighted by Gasteiger charge is 2.44. The predicted octanol–water partition coefficient (Wildman–Crippen LogP) is 3.82. The predicted molar refractivity (Wildman–Crippen MR) is 128 cm³/mol. The van der Waals surface area contributed by atoms with E-state index in [2.05, 4.69) is 12.1 Å². The third-order valence-corrected chi connectivity index (χ3v) is 7.17. The highest BCUT2D eigenvalue weighted by Crippen LogP contribution is 2.41. The Hall–Kier alpha value is -3.02. The van der Waals surface area contributed by atoms with Gasteiger partial charge in [-0.2, -0.15) is 0 Å². The van der Waals surface area contributed by atoms with Crippen LogP contribution >= 0.6 is 0 Å². The molecule has 33 heavy (non-hydrogen) atoms. The fourth-order valence-corrected chi connectivity index (χ4v) is 5.22. The Kier molecular flexibility index (Phi) is 7.21. The third-order valence-electron chi connectivity index (χ3n) is 7.17. The van der Waals surface area contributed by atoms with E-state index < -0.39 is 5.41 Å². The highest BCUT2D eigenvalue weighted by atomic mass is 16.5. The molecule has 2 aromatic carbocycles. The van der Waals surface area contributed by atoms with Gasteiger partial charge in [0.1, 0.15) is 11.5 Å². The van der Waals surface area contributed by atoms with Gasteiger partial charge in [-0.05, 0) is 48.2 Å². The molecular weight excluding hydrogens is 416 g/mol. The SMILES string of the molecule is COc1ccc(C2(C(=O)N3CCN(C(=O)Cc4cccc(OC)c4)CC3)CCCCC2)cc1. The lowest BCUT2D eigenvalue weighted by Gasteiger charge is -2.43. The summed E-state index contributed by atoms with van der Waals surface area (Å²) in [6.07, 6.45) is 5.42. The van der Waals surface area contributed by atoms with Crippen LogP contribution in [-0.4, -0.2) is 62.0 Å². The van der Waals surface area contributed by atoms with Crippen LogP contribution in [-0.2, 0) is 21.4 Å². The quantitative estimate of drug-likeness (QED) is 0.671. The van der Waals surface area contributed by atoms with Crippen LogP contribution in [0.3, 0.4) is 0 Å². The van der Waals surface area contributed by atoms with Crippen molar-refractivity contribution >= 4 is 11.8 Å². The Morgan fingerprint density at radius 2 is 1.45 bits per heavy atom. The monoisotopic (exact) mass is 450 g/mol. The number of rotatable bonds is 6. The maximum atomic E-state index is 13.8. The number of hydrogen-bond acceptors (Lipinski definition) is 4. The Bertz CT molecular complexity index is 958. The summed E-state index contributed by atoms with van der Waals surface area (Å²) in [7, 11) is 3.29. The lowest BCUT2D eigenvalue weighted by Crippen LogP contribution is -2.56. The summed E-state index contributed by atoms with van der Waals surface area (Å²) in [5.41, 5.74) is 1.57. The van der Waals surface area contributed by atoms with Gasteiger partial charge in [0.05, 0.1) is 26.1 Å². The molecule has 2 amide bonds. The van der Waals surface area contributed by atoms with Gasteiger partial charge in [0.2, 0.25) is 11.8 Å². The van der Waals surface area contributed by atoms with Crippen molar-refractivity contribution in [2.24, 2.45) is 0 Å². The molecule has 1 saturated heterocycles. The van der Waals surface area contributed by atoms with E-state index in [0.717, 1.165) is 48.3 Å². The number of carbonyl (C=O) groups excluding carboxylic acids is 2. The van der Waals surface area contributed by atoms with Crippen LogP contribution in [0, 0.1) is 0 Å². The minimum Gasteiger partial charge on any atom is -0.497 e. The molecule has 2 aliphatic rings. The summed E-state index contributed by atoms with van der Waals surface area (Å²) in [6.45, 7) is 2.32. The second-order valence-corrected chi connectivity index (χ2v) is 9.07. The minimum atomic E-state index is -0.461. The van der Waals surface area contributed by atoms with Crippen LogP contribution in [0.1, 0.15) is 43.2 Å². The standard InChI is InChI=1S/C27H34N2O4/c1-32-23-11-9-22(10-12-23)27(13-4-3-5-14-27)26(31)29-17-15-28(16-18-29)25(30)20-21-7-6-8-24(19-21)33-2/h6-12,19H,3-5,13-18,20H2,1-2H3. The number of ether oxygens (including phenoxy) is 2. The molecule has 6 heteroatoms. The van der Waals surface area contributed by atoms with E-state index >= 15 is 0 Å². The summed E-state index contributed by atoms with van der Waals surface area (Å²) in [6, 6.07) is 15.6. The van der Waals surface area contributed by atoms with Gasteiger partial charge in [0, 0.05) is 26.2 Å². The second kappa shape index (κ2) is 10.3. The smallest absolute Gasteiger partial charge is 0.233 e. The first-order valence-electron chi connectivity index (χ1n) is 11.9. The maximum Gasteiger partial charge on any atom is 0.233 e. The van der Waals surface area contributed by atoms with E-state index in [-0.39, 0.29) is 11.8 Å². The van der Waals surface area contributed by atoms with Gasteiger partial charge in [-0.15, -0.1) is 0 Å². The zero-order valence-electron chi connectivity index (χ0n) is 19.7. The van der Waals surface area contributed by atoms with Crippen LogP contribution < -0.4 is 9.47 Å². The summed E-state index contributed by atoms with van der Waals surface area (Å²) < 4.78 is 10.6. The maximum absolute atomic E-state index is 13.8. The molecule has 176 valence electrons. The van der Waals surface area contributed by atoms with Crippen molar-refractivity contribution < 1.29 is 19.1 Å². The van der Waals surface area contributed by atoms with Gasteiger partial charge in [-0.3, -0.25) is 9.59 Å². The van der Waals surface area contributed by atoms with E-state index in [1.54, 1.807) is 14.2 Å². The number of benzene rings is 2. The highest BCUT2D eigenvalue weighted by molar-refractivity contribution is 5.89. The van der Waals surface area contributed by atoms with Crippen molar-refractivity contribution in [3.8, 4) is 11.5 Å². The minimum absolute atomic E-state index is 0.0953. The van der Waals surface area contributed by atoms with Crippen LogP contribution in [0.25, 0.3) is 0 Å². The zero-order valence-corrected chi connectivity index (χ0v) is 19.7. The second-order valence-electron chi connectivity index (χ2n) is 9.07. The Morgan fingerprint density at radius 1 is 0.818 bits per heavy atom. The number of piperazine rings is 1. The van der Waals surface area contributed by atoms with Crippen molar-refractivity contribution in [3.05, 3.63) is 59.7 Å². The fraction of sp³-hybridized carbons (Fsp3) is 0.481. The van der Waals surface area contributed by atoms with E-state index in [9.17, 15) is 9.59 Å². The summed E-state index contributed by atoms with van der Waals surface area (Å²) in [4.78, 5) is 30.6. The molecular formula is C27H34N2O4. The fourth-order valence-electron chi connectivity index (χ4n) is 5.22. The van der Waals surface area contributed by atoms with Crippen LogP contribution in [0.2, 0.25) is 0 Å². The summed E-state index contributed by atoms with van der Waals surface area (Å²) in [5, 5.41) is 0. The molecule has 0 aromatic heterocycles. The lowest BCUT2D eigenvalue weighted by atomic mass is 9.68. The number of carbonyl (C=O) groups is 2. The first-order valence-corrected chi connectivity index (χ1v) is 11.9. The van der Waals surface area contributed by atoms with Gasteiger partial charge in [-0.1, -0.05) is 43.5 Å². The van der Waals surface area contributed by atoms with Gasteiger partial charge >= 0.3 is 0 Å². The van der Waals surface area contributed by atoms with Crippen molar-refractivity contribution in [2.45, 2.75) is 43.9 Å². The summed E-state index contributed by atoms with van der Waals surface area (Å²) in [5.74, 6) is 1.87. The average Bonchev–Trinajstić information content (AvgIpc) is 2.89. The van der Waals surface area contributed by atoms with Crippen molar-refractivity contribution in [2.75, 3.05) is 40.4 Å². The van der Waals surface area contributed by atoms with Crippen LogP contribution in [0.15, 0.2) is 48.5 Å². The van der Waals surface area contributed by atoms with Gasteiger partial charge in [0.15, 0.2) is 0 Å². The molecule has 1 aliphatic heterocycles. The third kappa shape index (κ3) is 5.00. The first-order chi connectivity index (χ1) is 16.1. The molecule has 2 fully saturated rings. The largest absolute Gasteiger partial charge is 0.497 e. The topological polar surface area (TPSA) is 59.1 Å². The molecule has 0 N–H and O–H groups in total. The average molecular weight is 451 g/mol. The molecule has 0 radical (unpaired) electrons. The number of amides is 2. The zero-order chi connectivity index (χ0) is 23.3. The molecule has 2 aromatic rings. The van der Waals surface area contributed by atoms with E-state index in [4.69, 9.17) is 9.47 Å². The normalized spacial score (nSPS) is 18.0. The van der Waals surface area contributed by atoms with Gasteiger partial charge in [-0.25, -0.2) is 0 Å². The van der Waals surface area contributed by atoms with Gasteiger partial charge in [0.25, 0.3) is 0 Å². The van der Waals surface area contributed by atoms with Crippen molar-refractivity contribution in [3.63, 3.8) is 0 Å². The molecule has 0 unspecified atom stereocenters. The molecule has 1 heterocycles. The summed E-state index contributed by atoms with van der Waals surface area (Å²) >= 11 is 0. The Morgan fingerprint density at radius 3 is 2.09 bits per heavy atom. The molecule has 4 rings (SSSR count). The molecule has 6 nitrogen and oxygen atoms in total.